The molecule has 0 saturated heterocycles. The molecule has 92 valence electrons. The highest BCUT2D eigenvalue weighted by Crippen LogP contribution is 2.27. The zero-order valence-corrected chi connectivity index (χ0v) is 10.4. The lowest BCUT2D eigenvalue weighted by Crippen LogP contribution is -2.50. The first-order valence-electron chi connectivity index (χ1n) is 6.12. The van der Waals surface area contributed by atoms with Crippen molar-refractivity contribution in [2.45, 2.75) is 46.1 Å². The summed E-state index contributed by atoms with van der Waals surface area (Å²) in [6, 6.07) is 0.201. The van der Waals surface area contributed by atoms with Crippen molar-refractivity contribution in [2.75, 3.05) is 6.54 Å². The Morgan fingerprint density at radius 1 is 1.31 bits per heavy atom. The van der Waals surface area contributed by atoms with Crippen molar-refractivity contribution in [3.05, 3.63) is 0 Å². The van der Waals surface area contributed by atoms with Gasteiger partial charge in [0, 0.05) is 24.4 Å². The Morgan fingerprint density at radius 2 is 1.94 bits per heavy atom. The largest absolute Gasteiger partial charge is 0.356 e. The number of carbonyl (C=O) groups is 2. The molecule has 0 aromatic rings. The van der Waals surface area contributed by atoms with Gasteiger partial charge in [0.2, 0.25) is 11.8 Å². The van der Waals surface area contributed by atoms with E-state index in [4.69, 9.17) is 0 Å². The van der Waals surface area contributed by atoms with Crippen LogP contribution in [0.25, 0.3) is 0 Å². The molecule has 0 radical (unpaired) electrons. The molecule has 2 amide bonds. The summed E-state index contributed by atoms with van der Waals surface area (Å²) >= 11 is 0. The summed E-state index contributed by atoms with van der Waals surface area (Å²) < 4.78 is 0. The number of hydrogen-bond acceptors (Lipinski definition) is 2. The second-order valence-corrected chi connectivity index (χ2v) is 4.82. The van der Waals surface area contributed by atoms with Gasteiger partial charge in [0.1, 0.15) is 0 Å². The topological polar surface area (TPSA) is 58.2 Å². The predicted molar refractivity (Wildman–Crippen MR) is 62.8 cm³/mol. The Morgan fingerprint density at radius 3 is 2.44 bits per heavy atom. The van der Waals surface area contributed by atoms with Crippen LogP contribution in [0, 0.1) is 11.8 Å². The minimum atomic E-state index is 0.0213. The first-order chi connectivity index (χ1) is 7.54. The molecule has 0 aromatic carbocycles. The van der Waals surface area contributed by atoms with Crippen LogP contribution in [-0.2, 0) is 9.59 Å². The first-order valence-corrected chi connectivity index (χ1v) is 6.12. The molecule has 0 aromatic heterocycles. The fourth-order valence-electron chi connectivity index (χ4n) is 1.71. The summed E-state index contributed by atoms with van der Waals surface area (Å²) in [5, 5.41) is 5.82. The molecule has 16 heavy (non-hydrogen) atoms. The van der Waals surface area contributed by atoms with E-state index in [-0.39, 0.29) is 29.7 Å². The van der Waals surface area contributed by atoms with Gasteiger partial charge in [-0.2, -0.15) is 0 Å². The molecule has 1 aliphatic rings. The van der Waals surface area contributed by atoms with Gasteiger partial charge in [-0.05, 0) is 19.3 Å². The molecular formula is C12H22N2O2. The van der Waals surface area contributed by atoms with Gasteiger partial charge in [-0.15, -0.1) is 0 Å². The summed E-state index contributed by atoms with van der Waals surface area (Å²) in [4.78, 5) is 22.9. The second kappa shape index (κ2) is 5.87. The van der Waals surface area contributed by atoms with E-state index in [2.05, 4.69) is 10.6 Å². The zero-order chi connectivity index (χ0) is 12.1. The van der Waals surface area contributed by atoms with E-state index >= 15 is 0 Å². The molecule has 1 rings (SSSR count). The average molecular weight is 226 g/mol. The monoisotopic (exact) mass is 226 g/mol. The molecule has 1 saturated carbocycles. The third-order valence-electron chi connectivity index (χ3n) is 2.93. The Labute approximate surface area is 97.2 Å². The molecule has 0 spiro atoms. The zero-order valence-electron chi connectivity index (χ0n) is 10.4. The minimum Gasteiger partial charge on any atom is -0.356 e. The molecule has 1 fully saturated rings. The van der Waals surface area contributed by atoms with Gasteiger partial charge in [0.05, 0.1) is 0 Å². The molecule has 4 heteroatoms. The van der Waals surface area contributed by atoms with Crippen LogP contribution in [0.15, 0.2) is 0 Å². The van der Waals surface area contributed by atoms with Gasteiger partial charge in [0.15, 0.2) is 0 Å². The van der Waals surface area contributed by atoms with Gasteiger partial charge >= 0.3 is 0 Å². The molecule has 2 N–H and O–H groups in total. The van der Waals surface area contributed by atoms with Crippen LogP contribution < -0.4 is 10.6 Å². The normalized spacial score (nSPS) is 23.8. The minimum absolute atomic E-state index is 0.0213. The molecule has 0 bridgehead atoms. The van der Waals surface area contributed by atoms with Crippen molar-refractivity contribution in [1.82, 2.24) is 10.6 Å². The van der Waals surface area contributed by atoms with Crippen molar-refractivity contribution in [3.8, 4) is 0 Å². The van der Waals surface area contributed by atoms with Gasteiger partial charge in [-0.3, -0.25) is 9.59 Å². The van der Waals surface area contributed by atoms with Gasteiger partial charge in [-0.1, -0.05) is 20.8 Å². The number of nitrogens with one attached hydrogen (secondary N) is 2. The van der Waals surface area contributed by atoms with Crippen molar-refractivity contribution in [1.29, 1.82) is 0 Å². The van der Waals surface area contributed by atoms with E-state index in [1.807, 2.05) is 20.8 Å². The third kappa shape index (κ3) is 3.51. The second-order valence-electron chi connectivity index (χ2n) is 4.82. The summed E-state index contributed by atoms with van der Waals surface area (Å²) in [5.41, 5.74) is 0. The molecule has 0 unspecified atom stereocenters. The lowest BCUT2D eigenvalue weighted by atomic mass is 9.79. The maximum absolute atomic E-state index is 11.5. The quantitative estimate of drug-likeness (QED) is 0.736. The average Bonchev–Trinajstić information content (AvgIpc) is 2.18. The highest BCUT2D eigenvalue weighted by Gasteiger charge is 2.35. The lowest BCUT2D eigenvalue weighted by Gasteiger charge is -2.35. The number of amides is 2. The first kappa shape index (κ1) is 13.0. The molecule has 4 nitrogen and oxygen atoms in total. The van der Waals surface area contributed by atoms with E-state index in [0.29, 0.717) is 0 Å². The highest BCUT2D eigenvalue weighted by molar-refractivity contribution is 5.81. The Balaban J connectivity index is 2.17. The Kier molecular flexibility index (Phi) is 4.77. The van der Waals surface area contributed by atoms with Crippen molar-refractivity contribution in [3.63, 3.8) is 0 Å². The fourth-order valence-corrected chi connectivity index (χ4v) is 1.71. The summed E-state index contributed by atoms with van der Waals surface area (Å²) in [5.74, 6) is 0.339. The van der Waals surface area contributed by atoms with Gasteiger partial charge in [-0.25, -0.2) is 0 Å². The van der Waals surface area contributed by atoms with Crippen molar-refractivity contribution in [2.24, 2.45) is 11.8 Å². The maximum atomic E-state index is 11.5. The molecule has 1 aliphatic carbocycles. The van der Waals surface area contributed by atoms with E-state index in [1.54, 1.807) is 0 Å². The lowest BCUT2D eigenvalue weighted by molar-refractivity contribution is -0.131. The van der Waals surface area contributed by atoms with Crippen LogP contribution in [0.4, 0.5) is 0 Å². The number of carbonyl (C=O) groups excluding carboxylic acids is 2. The van der Waals surface area contributed by atoms with Crippen molar-refractivity contribution < 1.29 is 9.59 Å². The number of hydrogen-bond donors (Lipinski definition) is 2. The van der Waals surface area contributed by atoms with Crippen LogP contribution in [0.1, 0.15) is 40.0 Å². The van der Waals surface area contributed by atoms with E-state index in [0.717, 1.165) is 25.8 Å². The Hall–Kier alpha value is -1.06. The van der Waals surface area contributed by atoms with Gasteiger partial charge < -0.3 is 10.6 Å². The van der Waals surface area contributed by atoms with Crippen molar-refractivity contribution >= 4 is 11.8 Å². The summed E-state index contributed by atoms with van der Waals surface area (Å²) in [7, 11) is 0. The molecule has 0 atom stereocenters. The van der Waals surface area contributed by atoms with Crippen LogP contribution >= 0.6 is 0 Å². The van der Waals surface area contributed by atoms with Crippen LogP contribution in [-0.4, -0.2) is 24.4 Å². The predicted octanol–water partition coefficient (Wildman–Crippen LogP) is 1.06. The standard InChI is InChI=1S/C12H22N2O2/c1-4-5-13-12(16)9-6-10(7-9)14-11(15)8(2)3/h8-10H,4-7H2,1-3H3,(H,13,16)(H,14,15). The summed E-state index contributed by atoms with van der Waals surface area (Å²) in [6.45, 7) is 6.53. The fraction of sp³-hybridized carbons (Fsp3) is 0.833. The Bertz CT molecular complexity index is 258. The highest BCUT2D eigenvalue weighted by atomic mass is 16.2. The molecule has 0 aliphatic heterocycles. The van der Waals surface area contributed by atoms with E-state index in [1.165, 1.54) is 0 Å². The van der Waals surface area contributed by atoms with Crippen LogP contribution in [0.5, 0.6) is 0 Å². The molecular weight excluding hydrogens is 204 g/mol. The van der Waals surface area contributed by atoms with Gasteiger partial charge in [0.25, 0.3) is 0 Å². The maximum Gasteiger partial charge on any atom is 0.223 e. The van der Waals surface area contributed by atoms with E-state index in [9.17, 15) is 9.59 Å². The van der Waals surface area contributed by atoms with E-state index < -0.39 is 0 Å². The third-order valence-corrected chi connectivity index (χ3v) is 2.93. The molecule has 0 heterocycles. The van der Waals surface area contributed by atoms with Crippen LogP contribution in [0.3, 0.4) is 0 Å². The number of rotatable bonds is 5. The van der Waals surface area contributed by atoms with Crippen LogP contribution in [0.2, 0.25) is 0 Å². The summed E-state index contributed by atoms with van der Waals surface area (Å²) in [6.07, 6.45) is 2.54. The SMILES string of the molecule is CCCNC(=O)C1CC(NC(=O)C(C)C)C1. The smallest absolute Gasteiger partial charge is 0.223 e.